The first-order valence-corrected chi connectivity index (χ1v) is 3.81. The number of aliphatic carboxylic acids is 2. The van der Waals surface area contributed by atoms with Crippen LogP contribution in [0.3, 0.4) is 0 Å². The summed E-state index contributed by atoms with van der Waals surface area (Å²) in [7, 11) is 0. The minimum Gasteiger partial charge on any atom is -0.481 e. The molecule has 0 unspecified atom stereocenters. The summed E-state index contributed by atoms with van der Waals surface area (Å²) in [6.45, 7) is 1.26. The summed E-state index contributed by atoms with van der Waals surface area (Å²) in [6, 6.07) is 0. The lowest BCUT2D eigenvalue weighted by atomic mass is 10.0. The van der Waals surface area contributed by atoms with Crippen molar-refractivity contribution in [3.8, 4) is 0 Å². The molecular weight excluding hydrogens is 190 g/mol. The van der Waals surface area contributed by atoms with Gasteiger partial charge in [-0.1, -0.05) is 0 Å². The van der Waals surface area contributed by atoms with Gasteiger partial charge in [-0.3, -0.25) is 9.59 Å². The molecule has 6 nitrogen and oxygen atoms in total. The Kier molecular flexibility index (Phi) is 4.34. The fraction of sp³-hybridized carbons (Fsp3) is 0.375. The molecule has 0 heterocycles. The zero-order valence-electron chi connectivity index (χ0n) is 7.61. The topological polar surface area (TPSA) is 118 Å². The smallest absolute Gasteiger partial charge is 0.332 e. The number of primary amides is 1. The quantitative estimate of drug-likeness (QED) is 0.529. The molecule has 0 aliphatic heterocycles. The maximum atomic E-state index is 10.6. The number of hydrogen-bond donors (Lipinski definition) is 3. The molecule has 0 radical (unpaired) electrons. The van der Waals surface area contributed by atoms with Gasteiger partial charge in [0.15, 0.2) is 0 Å². The molecule has 0 spiro atoms. The Balaban J connectivity index is 4.77. The third kappa shape index (κ3) is 3.70. The highest BCUT2D eigenvalue weighted by atomic mass is 16.4. The average molecular weight is 201 g/mol. The Bertz CT molecular complexity index is 305. The molecule has 0 aromatic heterocycles. The Morgan fingerprint density at radius 3 is 1.93 bits per heavy atom. The summed E-state index contributed by atoms with van der Waals surface area (Å²) in [4.78, 5) is 31.4. The minimum absolute atomic E-state index is 0.112. The molecule has 0 bridgehead atoms. The summed E-state index contributed by atoms with van der Waals surface area (Å²) < 4.78 is 0. The van der Waals surface area contributed by atoms with Gasteiger partial charge in [0.1, 0.15) is 0 Å². The Morgan fingerprint density at radius 1 is 1.14 bits per heavy atom. The van der Waals surface area contributed by atoms with Crippen LogP contribution >= 0.6 is 0 Å². The molecule has 6 heteroatoms. The lowest BCUT2D eigenvalue weighted by molar-refractivity contribution is -0.137. The van der Waals surface area contributed by atoms with Crippen molar-refractivity contribution >= 4 is 17.8 Å². The highest BCUT2D eigenvalue weighted by molar-refractivity contribution is 6.01. The van der Waals surface area contributed by atoms with E-state index in [0.29, 0.717) is 0 Å². The number of carboxylic acid groups (broad SMARTS) is 2. The maximum Gasteiger partial charge on any atom is 0.332 e. The largest absolute Gasteiger partial charge is 0.481 e. The van der Waals surface area contributed by atoms with Gasteiger partial charge in [0, 0.05) is 17.6 Å². The maximum absolute atomic E-state index is 10.6. The van der Waals surface area contributed by atoms with Crippen molar-refractivity contribution < 1.29 is 24.6 Å². The number of nitrogens with two attached hydrogens (primary N) is 1. The molecule has 0 saturated heterocycles. The molecule has 4 N–H and O–H groups in total. The molecule has 0 rings (SSSR count). The van der Waals surface area contributed by atoms with Crippen molar-refractivity contribution in [3.63, 3.8) is 0 Å². The number of carbonyl (C=O) groups excluding carboxylic acids is 1. The minimum atomic E-state index is -1.32. The van der Waals surface area contributed by atoms with Gasteiger partial charge in [-0.25, -0.2) is 4.79 Å². The van der Waals surface area contributed by atoms with Crippen molar-refractivity contribution in [2.75, 3.05) is 0 Å². The van der Waals surface area contributed by atoms with Crippen molar-refractivity contribution in [1.82, 2.24) is 0 Å². The highest BCUT2D eigenvalue weighted by Crippen LogP contribution is 2.11. The van der Waals surface area contributed by atoms with E-state index in [9.17, 15) is 14.4 Å². The fourth-order valence-corrected chi connectivity index (χ4v) is 0.835. The molecule has 0 aromatic carbocycles. The van der Waals surface area contributed by atoms with Crippen LogP contribution in [0.15, 0.2) is 11.1 Å². The molecule has 0 fully saturated rings. The van der Waals surface area contributed by atoms with Crippen molar-refractivity contribution in [2.24, 2.45) is 5.73 Å². The monoisotopic (exact) mass is 201 g/mol. The molecule has 78 valence electrons. The second kappa shape index (κ2) is 5.00. The molecule has 1 amide bonds. The molecule has 0 atom stereocenters. The van der Waals surface area contributed by atoms with E-state index in [-0.39, 0.29) is 24.0 Å². The van der Waals surface area contributed by atoms with E-state index in [0.717, 1.165) is 0 Å². The van der Waals surface area contributed by atoms with E-state index in [1.807, 2.05) is 0 Å². The van der Waals surface area contributed by atoms with E-state index < -0.39 is 17.8 Å². The lowest BCUT2D eigenvalue weighted by Gasteiger charge is -2.03. The van der Waals surface area contributed by atoms with Crippen LogP contribution in [0.2, 0.25) is 0 Å². The van der Waals surface area contributed by atoms with E-state index in [1.165, 1.54) is 6.92 Å². The molecule has 0 aliphatic rings. The van der Waals surface area contributed by atoms with E-state index in [1.54, 1.807) is 0 Å². The van der Waals surface area contributed by atoms with Gasteiger partial charge in [-0.15, -0.1) is 0 Å². The normalized spacial score (nSPS) is 11.8. The van der Waals surface area contributed by atoms with Gasteiger partial charge < -0.3 is 15.9 Å². The highest BCUT2D eigenvalue weighted by Gasteiger charge is 2.15. The predicted molar refractivity (Wildman–Crippen MR) is 46.4 cm³/mol. The fourth-order valence-electron chi connectivity index (χ4n) is 0.835. The van der Waals surface area contributed by atoms with Gasteiger partial charge >= 0.3 is 11.9 Å². The zero-order chi connectivity index (χ0) is 11.3. The second-order valence-electron chi connectivity index (χ2n) is 2.67. The summed E-state index contributed by atoms with van der Waals surface area (Å²) in [5.41, 5.74) is 4.51. The van der Waals surface area contributed by atoms with Crippen molar-refractivity contribution in [1.29, 1.82) is 0 Å². The third-order valence-electron chi connectivity index (χ3n) is 1.67. The number of carbonyl (C=O) groups is 3. The van der Waals surface area contributed by atoms with Crippen LogP contribution in [0.25, 0.3) is 0 Å². The van der Waals surface area contributed by atoms with Crippen LogP contribution in [0.5, 0.6) is 0 Å². The first-order chi connectivity index (χ1) is 6.36. The van der Waals surface area contributed by atoms with E-state index >= 15 is 0 Å². The molecule has 0 aliphatic carbocycles. The SMILES string of the molecule is C/C(C(N)=O)=C(\CCC(=O)O)C(=O)O. The second-order valence-corrected chi connectivity index (χ2v) is 2.67. The zero-order valence-corrected chi connectivity index (χ0v) is 7.61. The van der Waals surface area contributed by atoms with Crippen LogP contribution in [-0.4, -0.2) is 28.1 Å². The first kappa shape index (κ1) is 12.2. The van der Waals surface area contributed by atoms with Gasteiger partial charge in [0.2, 0.25) is 5.91 Å². The van der Waals surface area contributed by atoms with Crippen molar-refractivity contribution in [3.05, 3.63) is 11.1 Å². The number of amides is 1. The van der Waals surface area contributed by atoms with E-state index in [2.05, 4.69) is 0 Å². The molecule has 0 saturated carbocycles. The Hall–Kier alpha value is -1.85. The molecule has 0 aromatic rings. The van der Waals surface area contributed by atoms with Crippen molar-refractivity contribution in [2.45, 2.75) is 19.8 Å². The number of hydrogen-bond acceptors (Lipinski definition) is 3. The first-order valence-electron chi connectivity index (χ1n) is 3.81. The van der Waals surface area contributed by atoms with Gasteiger partial charge in [0.05, 0.1) is 0 Å². The number of carboxylic acids is 2. The summed E-state index contributed by atoms with van der Waals surface area (Å²) in [6.07, 6.45) is -0.550. The number of rotatable bonds is 5. The Morgan fingerprint density at radius 2 is 1.64 bits per heavy atom. The van der Waals surface area contributed by atoms with Crippen LogP contribution in [0, 0.1) is 0 Å². The average Bonchev–Trinajstić information content (AvgIpc) is 2.02. The summed E-state index contributed by atoms with van der Waals surface area (Å²) >= 11 is 0. The third-order valence-corrected chi connectivity index (χ3v) is 1.67. The van der Waals surface area contributed by atoms with E-state index in [4.69, 9.17) is 15.9 Å². The van der Waals surface area contributed by atoms with Crippen LogP contribution < -0.4 is 5.73 Å². The summed E-state index contributed by atoms with van der Waals surface area (Å²) in [5, 5.41) is 17.0. The molecule has 14 heavy (non-hydrogen) atoms. The Labute approximate surface area is 80.0 Å². The molecular formula is C8H11NO5. The lowest BCUT2D eigenvalue weighted by Crippen LogP contribution is -2.17. The standard InChI is InChI=1S/C8H11NO5/c1-4(7(9)12)5(8(13)14)2-3-6(10)11/h2-3H2,1H3,(H2,9,12)(H,10,11)(H,13,14)/b5-4-. The van der Waals surface area contributed by atoms with Crippen LogP contribution in [0.1, 0.15) is 19.8 Å². The van der Waals surface area contributed by atoms with Gasteiger partial charge in [-0.2, -0.15) is 0 Å². The van der Waals surface area contributed by atoms with Gasteiger partial charge in [0.25, 0.3) is 0 Å². The summed E-state index contributed by atoms with van der Waals surface area (Å²) in [5.74, 6) is -3.30. The van der Waals surface area contributed by atoms with Crippen LogP contribution in [-0.2, 0) is 14.4 Å². The predicted octanol–water partition coefficient (Wildman–Crippen LogP) is -0.262. The van der Waals surface area contributed by atoms with Crippen LogP contribution in [0.4, 0.5) is 0 Å². The van der Waals surface area contributed by atoms with Gasteiger partial charge in [-0.05, 0) is 13.3 Å².